The van der Waals surface area contributed by atoms with Gasteiger partial charge in [0.2, 0.25) is 0 Å². The summed E-state index contributed by atoms with van der Waals surface area (Å²) in [6.07, 6.45) is -0.591. The van der Waals surface area contributed by atoms with Crippen LogP contribution >= 0.6 is 35.6 Å². The van der Waals surface area contributed by atoms with Crippen molar-refractivity contribution in [3.8, 4) is 5.75 Å². The van der Waals surface area contributed by atoms with Crippen LogP contribution < -0.4 is 10.1 Å². The van der Waals surface area contributed by atoms with E-state index in [4.69, 9.17) is 27.9 Å². The second-order valence-corrected chi connectivity index (χ2v) is 5.68. The van der Waals surface area contributed by atoms with E-state index in [1.165, 1.54) is 0 Å². The first-order valence-corrected chi connectivity index (χ1v) is 7.38. The molecule has 0 radical (unpaired) electrons. The molecule has 118 valence electrons. The number of nitrogens with zero attached hydrogens (tertiary/aromatic N) is 1. The zero-order valence-electron chi connectivity index (χ0n) is 11.9. The fourth-order valence-electron chi connectivity index (χ4n) is 2.22. The number of carbonyl (C=O) groups excluding carboxylic acids is 1. The smallest absolute Gasteiger partial charge is 0.263 e. The minimum atomic E-state index is -0.591. The van der Waals surface area contributed by atoms with Crippen molar-refractivity contribution in [2.75, 3.05) is 19.6 Å². The highest BCUT2D eigenvalue weighted by Gasteiger charge is 2.28. The Bertz CT molecular complexity index is 499. The molecule has 1 fully saturated rings. The SMILES string of the molecule is CC(Oc1cccc(Cl)c1Cl)C(=O)N1CCNC[C@H]1C.Cl. The molecule has 7 heteroatoms. The van der Waals surface area contributed by atoms with Gasteiger partial charge in [-0.2, -0.15) is 0 Å². The van der Waals surface area contributed by atoms with Gasteiger partial charge in [-0.3, -0.25) is 4.79 Å². The zero-order chi connectivity index (χ0) is 14.7. The molecule has 4 nitrogen and oxygen atoms in total. The molecule has 1 heterocycles. The summed E-state index contributed by atoms with van der Waals surface area (Å²) < 4.78 is 5.66. The van der Waals surface area contributed by atoms with E-state index in [9.17, 15) is 4.79 Å². The van der Waals surface area contributed by atoms with Crippen LogP contribution in [0.15, 0.2) is 18.2 Å². The van der Waals surface area contributed by atoms with Crippen molar-refractivity contribution in [3.63, 3.8) is 0 Å². The second-order valence-electron chi connectivity index (χ2n) is 4.90. The van der Waals surface area contributed by atoms with E-state index < -0.39 is 6.10 Å². The lowest BCUT2D eigenvalue weighted by Crippen LogP contribution is -2.55. The van der Waals surface area contributed by atoms with Crippen LogP contribution in [-0.4, -0.2) is 42.6 Å². The van der Waals surface area contributed by atoms with Gasteiger partial charge in [0, 0.05) is 25.7 Å². The molecular formula is C14H19Cl3N2O2. The number of halogens is 3. The van der Waals surface area contributed by atoms with Gasteiger partial charge in [-0.1, -0.05) is 29.3 Å². The van der Waals surface area contributed by atoms with Crippen LogP contribution in [0.3, 0.4) is 0 Å². The number of piperazine rings is 1. The van der Waals surface area contributed by atoms with Gasteiger partial charge in [-0.15, -0.1) is 12.4 Å². The lowest BCUT2D eigenvalue weighted by Gasteiger charge is -2.35. The van der Waals surface area contributed by atoms with Crippen molar-refractivity contribution in [3.05, 3.63) is 28.2 Å². The molecule has 2 atom stereocenters. The fraction of sp³-hybridized carbons (Fsp3) is 0.500. The van der Waals surface area contributed by atoms with Gasteiger partial charge in [0.05, 0.1) is 5.02 Å². The topological polar surface area (TPSA) is 41.6 Å². The normalized spacial score (nSPS) is 19.6. The number of benzene rings is 1. The van der Waals surface area contributed by atoms with Crippen molar-refractivity contribution in [1.82, 2.24) is 10.2 Å². The molecule has 1 aliphatic heterocycles. The van der Waals surface area contributed by atoms with Gasteiger partial charge in [-0.05, 0) is 26.0 Å². The molecule has 0 aliphatic carbocycles. The van der Waals surface area contributed by atoms with E-state index in [0.717, 1.165) is 13.1 Å². The first kappa shape index (κ1) is 18.4. The van der Waals surface area contributed by atoms with Gasteiger partial charge in [0.25, 0.3) is 5.91 Å². The molecule has 1 aromatic carbocycles. The second kappa shape index (κ2) is 8.08. The molecule has 0 bridgehead atoms. The third-order valence-corrected chi connectivity index (χ3v) is 4.15. The maximum absolute atomic E-state index is 12.4. The zero-order valence-corrected chi connectivity index (χ0v) is 14.3. The molecule has 0 saturated carbocycles. The van der Waals surface area contributed by atoms with Crippen molar-refractivity contribution < 1.29 is 9.53 Å². The Morgan fingerprint density at radius 1 is 1.48 bits per heavy atom. The molecule has 1 unspecified atom stereocenters. The van der Waals surface area contributed by atoms with Gasteiger partial charge in [-0.25, -0.2) is 0 Å². The van der Waals surface area contributed by atoms with Crippen LogP contribution in [0.1, 0.15) is 13.8 Å². The Labute approximate surface area is 141 Å². The Morgan fingerprint density at radius 2 is 2.19 bits per heavy atom. The summed E-state index contributed by atoms with van der Waals surface area (Å²) in [4.78, 5) is 14.2. The van der Waals surface area contributed by atoms with Gasteiger partial charge in [0.1, 0.15) is 10.8 Å². The number of hydrogen-bond acceptors (Lipinski definition) is 3. The molecule has 0 spiro atoms. The number of hydrogen-bond donors (Lipinski definition) is 1. The van der Waals surface area contributed by atoms with Crippen LogP contribution in [0, 0.1) is 0 Å². The summed E-state index contributed by atoms with van der Waals surface area (Å²) in [5.41, 5.74) is 0. The van der Waals surface area contributed by atoms with Crippen molar-refractivity contribution in [1.29, 1.82) is 0 Å². The number of amides is 1. The van der Waals surface area contributed by atoms with Gasteiger partial charge < -0.3 is 15.0 Å². The van der Waals surface area contributed by atoms with E-state index in [2.05, 4.69) is 5.32 Å². The van der Waals surface area contributed by atoms with E-state index in [1.807, 2.05) is 11.8 Å². The Hall–Kier alpha value is -0.680. The highest BCUT2D eigenvalue weighted by atomic mass is 35.5. The maximum atomic E-state index is 12.4. The van der Waals surface area contributed by atoms with Crippen LogP contribution in [0.4, 0.5) is 0 Å². The highest BCUT2D eigenvalue weighted by molar-refractivity contribution is 6.42. The fourth-order valence-corrected chi connectivity index (χ4v) is 2.55. The van der Waals surface area contributed by atoms with Gasteiger partial charge in [0.15, 0.2) is 6.10 Å². The molecule has 1 N–H and O–H groups in total. The number of rotatable bonds is 3. The molecule has 1 saturated heterocycles. The van der Waals surface area contributed by atoms with Gasteiger partial charge >= 0.3 is 0 Å². The maximum Gasteiger partial charge on any atom is 0.263 e. The van der Waals surface area contributed by atoms with Crippen LogP contribution in [0.5, 0.6) is 5.75 Å². The summed E-state index contributed by atoms with van der Waals surface area (Å²) >= 11 is 12.0. The predicted molar refractivity (Wildman–Crippen MR) is 87.8 cm³/mol. The first-order valence-electron chi connectivity index (χ1n) is 6.62. The molecule has 21 heavy (non-hydrogen) atoms. The molecule has 1 aliphatic rings. The number of carbonyl (C=O) groups is 1. The molecule has 0 aromatic heterocycles. The molecule has 2 rings (SSSR count). The standard InChI is InChI=1S/C14H18Cl2N2O2.ClH/c1-9-8-17-6-7-18(9)14(19)10(2)20-12-5-3-4-11(15)13(12)16;/h3-5,9-10,17H,6-8H2,1-2H3;1H/t9-,10?;/m1./s1. The molecular weight excluding hydrogens is 335 g/mol. The monoisotopic (exact) mass is 352 g/mol. The largest absolute Gasteiger partial charge is 0.479 e. The quantitative estimate of drug-likeness (QED) is 0.908. The predicted octanol–water partition coefficient (Wildman–Crippen LogP) is 3.00. The van der Waals surface area contributed by atoms with Crippen LogP contribution in [0.2, 0.25) is 10.0 Å². The molecule has 1 aromatic rings. The summed E-state index contributed by atoms with van der Waals surface area (Å²) in [6, 6.07) is 5.30. The number of ether oxygens (including phenoxy) is 1. The third kappa shape index (κ3) is 4.39. The lowest BCUT2D eigenvalue weighted by molar-refractivity contribution is -0.140. The minimum absolute atomic E-state index is 0. The van der Waals surface area contributed by atoms with Crippen LogP contribution in [0.25, 0.3) is 0 Å². The summed E-state index contributed by atoms with van der Waals surface area (Å²) in [5.74, 6) is 0.401. The van der Waals surface area contributed by atoms with Crippen LogP contribution in [-0.2, 0) is 4.79 Å². The highest BCUT2D eigenvalue weighted by Crippen LogP contribution is 2.32. The molecule has 1 amide bonds. The number of nitrogens with one attached hydrogen (secondary N) is 1. The van der Waals surface area contributed by atoms with Crippen molar-refractivity contribution in [2.24, 2.45) is 0 Å². The average molecular weight is 354 g/mol. The summed E-state index contributed by atoms with van der Waals surface area (Å²) in [7, 11) is 0. The van der Waals surface area contributed by atoms with E-state index in [0.29, 0.717) is 22.3 Å². The third-order valence-electron chi connectivity index (χ3n) is 3.35. The van der Waals surface area contributed by atoms with E-state index >= 15 is 0 Å². The van der Waals surface area contributed by atoms with Crippen molar-refractivity contribution in [2.45, 2.75) is 26.0 Å². The minimum Gasteiger partial charge on any atom is -0.479 e. The first-order chi connectivity index (χ1) is 9.50. The summed E-state index contributed by atoms with van der Waals surface area (Å²) in [5, 5.41) is 4.00. The Morgan fingerprint density at radius 3 is 2.86 bits per heavy atom. The van der Waals surface area contributed by atoms with E-state index in [1.54, 1.807) is 25.1 Å². The Kier molecular flexibility index (Phi) is 7.07. The van der Waals surface area contributed by atoms with E-state index in [-0.39, 0.29) is 24.4 Å². The summed E-state index contributed by atoms with van der Waals surface area (Å²) in [6.45, 7) is 6.05. The van der Waals surface area contributed by atoms with Crippen molar-refractivity contribution >= 4 is 41.5 Å². The lowest BCUT2D eigenvalue weighted by atomic mass is 10.2. The average Bonchev–Trinajstić information content (AvgIpc) is 2.43. The Balaban J connectivity index is 0.00000220.